The number of nitrogens with one attached hydrogen (secondary N) is 1. The molecule has 29 heavy (non-hydrogen) atoms. The van der Waals surface area contributed by atoms with Crippen molar-refractivity contribution in [1.29, 1.82) is 5.26 Å². The molecule has 0 bridgehead atoms. The number of fused-ring (bicyclic) bond motifs is 1. The Kier molecular flexibility index (Phi) is 5.14. The third-order valence-electron chi connectivity index (χ3n) is 4.72. The summed E-state index contributed by atoms with van der Waals surface area (Å²) in [6, 6.07) is 12.2. The van der Waals surface area contributed by atoms with Crippen molar-refractivity contribution < 1.29 is 0 Å². The Bertz CT molecular complexity index is 1200. The smallest absolute Gasteiger partial charge is 0.145 e. The molecule has 0 unspecified atom stereocenters. The fourth-order valence-electron chi connectivity index (χ4n) is 3.24. The minimum Gasteiger partial charge on any atom is -0.382 e. The molecule has 0 spiro atoms. The van der Waals surface area contributed by atoms with Gasteiger partial charge in [0.05, 0.1) is 16.8 Å². The second kappa shape index (κ2) is 7.89. The van der Waals surface area contributed by atoms with E-state index in [4.69, 9.17) is 5.73 Å². The number of aromatic nitrogens is 4. The Morgan fingerprint density at radius 2 is 2.00 bits per heavy atom. The van der Waals surface area contributed by atoms with Gasteiger partial charge in [0.25, 0.3) is 0 Å². The summed E-state index contributed by atoms with van der Waals surface area (Å²) in [5.74, 6) is 1.22. The van der Waals surface area contributed by atoms with Crippen LogP contribution < -0.4 is 11.1 Å². The number of hydrogen-bond acceptors (Lipinski definition) is 7. The normalized spacial score (nSPS) is 10.9. The molecule has 0 fully saturated rings. The minimum absolute atomic E-state index is 0.380. The number of nitrogens with two attached hydrogens (primary N) is 1. The van der Waals surface area contributed by atoms with E-state index in [0.717, 1.165) is 33.7 Å². The second-order valence-electron chi connectivity index (χ2n) is 6.89. The van der Waals surface area contributed by atoms with Crippen LogP contribution in [-0.2, 0) is 6.42 Å². The van der Waals surface area contributed by atoms with Crippen molar-refractivity contribution >= 4 is 33.2 Å². The van der Waals surface area contributed by atoms with E-state index in [1.165, 1.54) is 4.88 Å². The molecule has 0 aliphatic carbocycles. The number of nitriles is 1. The summed E-state index contributed by atoms with van der Waals surface area (Å²) >= 11 is 1.66. The molecule has 0 radical (unpaired) electrons. The number of thiophene rings is 1. The number of nitrogen functional groups attached to an aromatic ring is 1. The molecule has 146 valence electrons. The van der Waals surface area contributed by atoms with Crippen LogP contribution in [0.25, 0.3) is 15.9 Å². The van der Waals surface area contributed by atoms with Gasteiger partial charge in [-0.3, -0.25) is 0 Å². The SMILES string of the molecule is Cc1ccc(-n2nc(CCCNc3ncnc4sc(C)cc34)c(C#N)c2N)cc1. The molecular weight excluding hydrogens is 382 g/mol. The van der Waals surface area contributed by atoms with Crippen LogP contribution >= 0.6 is 11.3 Å². The number of anilines is 2. The average Bonchev–Trinajstić information content (AvgIpc) is 3.25. The maximum Gasteiger partial charge on any atom is 0.145 e. The number of benzene rings is 1. The maximum absolute atomic E-state index is 9.54. The molecule has 1 aromatic carbocycles. The first-order valence-electron chi connectivity index (χ1n) is 9.36. The first-order valence-corrected chi connectivity index (χ1v) is 10.2. The predicted octanol–water partition coefficient (Wildman–Crippen LogP) is 3.99. The van der Waals surface area contributed by atoms with Crippen LogP contribution in [0.2, 0.25) is 0 Å². The summed E-state index contributed by atoms with van der Waals surface area (Å²) < 4.78 is 1.64. The summed E-state index contributed by atoms with van der Waals surface area (Å²) in [4.78, 5) is 10.9. The van der Waals surface area contributed by atoms with Gasteiger partial charge in [-0.1, -0.05) is 17.7 Å². The van der Waals surface area contributed by atoms with Gasteiger partial charge < -0.3 is 11.1 Å². The molecule has 4 rings (SSSR count). The van der Waals surface area contributed by atoms with E-state index < -0.39 is 0 Å². The third kappa shape index (κ3) is 3.77. The molecule has 8 heteroatoms. The Hall–Kier alpha value is -3.44. The number of hydrogen-bond donors (Lipinski definition) is 2. The summed E-state index contributed by atoms with van der Waals surface area (Å²) in [5.41, 5.74) is 9.36. The fourth-order valence-corrected chi connectivity index (χ4v) is 4.08. The topological polar surface area (TPSA) is 105 Å². The lowest BCUT2D eigenvalue weighted by atomic mass is 10.1. The largest absolute Gasteiger partial charge is 0.382 e. The van der Waals surface area contributed by atoms with Crippen LogP contribution in [0.3, 0.4) is 0 Å². The quantitative estimate of drug-likeness (QED) is 0.472. The molecule has 0 amide bonds. The first-order chi connectivity index (χ1) is 14.1. The predicted molar refractivity (Wildman–Crippen MR) is 116 cm³/mol. The molecule has 3 heterocycles. The van der Waals surface area contributed by atoms with Crippen LogP contribution in [0.4, 0.5) is 11.6 Å². The zero-order chi connectivity index (χ0) is 20.4. The molecule has 3 N–H and O–H groups in total. The van der Waals surface area contributed by atoms with Crippen LogP contribution in [0.15, 0.2) is 36.7 Å². The molecular formula is C21H21N7S. The molecule has 3 aromatic heterocycles. The lowest BCUT2D eigenvalue weighted by molar-refractivity contribution is 0.789. The van der Waals surface area contributed by atoms with Gasteiger partial charge in [0.15, 0.2) is 0 Å². The van der Waals surface area contributed by atoms with E-state index in [0.29, 0.717) is 30.0 Å². The molecule has 0 saturated carbocycles. The van der Waals surface area contributed by atoms with E-state index in [9.17, 15) is 5.26 Å². The van der Waals surface area contributed by atoms with Crippen molar-refractivity contribution in [1.82, 2.24) is 19.7 Å². The summed E-state index contributed by atoms with van der Waals surface area (Å²) in [6.45, 7) is 4.80. The maximum atomic E-state index is 9.54. The fraction of sp³-hybridized carbons (Fsp3) is 0.238. The standard InChI is InChI=1S/C21H21N7S/c1-13-5-7-15(8-6-13)28-19(23)17(11-22)18(27-28)4-3-9-24-20-16-10-14(2)29-21(16)26-12-25-20/h5-8,10,12H,3-4,9,23H2,1-2H3,(H,24,25,26). The Morgan fingerprint density at radius 3 is 2.76 bits per heavy atom. The average molecular weight is 404 g/mol. The number of nitrogens with zero attached hydrogens (tertiary/aromatic N) is 5. The van der Waals surface area contributed by atoms with Crippen molar-refractivity contribution in [2.45, 2.75) is 26.7 Å². The second-order valence-corrected chi connectivity index (χ2v) is 8.13. The van der Waals surface area contributed by atoms with E-state index in [1.807, 2.05) is 31.2 Å². The van der Waals surface area contributed by atoms with Gasteiger partial charge in [-0.2, -0.15) is 10.4 Å². The van der Waals surface area contributed by atoms with E-state index >= 15 is 0 Å². The summed E-state index contributed by atoms with van der Waals surface area (Å²) in [5, 5.41) is 18.6. The van der Waals surface area contributed by atoms with Crippen molar-refractivity contribution in [2.24, 2.45) is 0 Å². The minimum atomic E-state index is 0.380. The molecule has 0 saturated heterocycles. The van der Waals surface area contributed by atoms with Crippen LogP contribution in [0.5, 0.6) is 0 Å². The van der Waals surface area contributed by atoms with Gasteiger partial charge >= 0.3 is 0 Å². The van der Waals surface area contributed by atoms with Crippen molar-refractivity contribution in [2.75, 3.05) is 17.6 Å². The van der Waals surface area contributed by atoms with Crippen LogP contribution in [-0.4, -0.2) is 26.3 Å². The highest BCUT2D eigenvalue weighted by molar-refractivity contribution is 7.18. The molecule has 0 aliphatic heterocycles. The van der Waals surface area contributed by atoms with Gasteiger partial charge in [-0.25, -0.2) is 14.6 Å². The molecule has 0 aliphatic rings. The van der Waals surface area contributed by atoms with Gasteiger partial charge in [-0.05, 0) is 44.9 Å². The monoisotopic (exact) mass is 403 g/mol. The van der Waals surface area contributed by atoms with Crippen molar-refractivity contribution in [3.8, 4) is 11.8 Å². The zero-order valence-electron chi connectivity index (χ0n) is 16.3. The van der Waals surface area contributed by atoms with Gasteiger partial charge in [0, 0.05) is 11.4 Å². The van der Waals surface area contributed by atoms with Crippen molar-refractivity contribution in [3.63, 3.8) is 0 Å². The van der Waals surface area contributed by atoms with Gasteiger partial charge in [0.2, 0.25) is 0 Å². The van der Waals surface area contributed by atoms with Gasteiger partial charge in [-0.15, -0.1) is 11.3 Å². The van der Waals surface area contributed by atoms with E-state index in [-0.39, 0.29) is 0 Å². The highest BCUT2D eigenvalue weighted by Crippen LogP contribution is 2.27. The Morgan fingerprint density at radius 1 is 1.21 bits per heavy atom. The molecule has 4 aromatic rings. The Labute approximate surface area is 172 Å². The highest BCUT2D eigenvalue weighted by atomic mass is 32.1. The Balaban J connectivity index is 1.46. The lowest BCUT2D eigenvalue weighted by Crippen LogP contribution is -2.06. The lowest BCUT2D eigenvalue weighted by Gasteiger charge is -2.05. The first kappa shape index (κ1) is 18.9. The number of aryl methyl sites for hydroxylation is 3. The summed E-state index contributed by atoms with van der Waals surface area (Å²) in [7, 11) is 0. The highest BCUT2D eigenvalue weighted by Gasteiger charge is 2.16. The summed E-state index contributed by atoms with van der Waals surface area (Å²) in [6.07, 6.45) is 3.03. The van der Waals surface area contributed by atoms with Gasteiger partial charge in [0.1, 0.15) is 34.4 Å². The van der Waals surface area contributed by atoms with E-state index in [1.54, 1.807) is 22.3 Å². The van der Waals surface area contributed by atoms with Crippen LogP contribution in [0, 0.1) is 25.2 Å². The third-order valence-corrected chi connectivity index (χ3v) is 5.68. The number of rotatable bonds is 6. The van der Waals surface area contributed by atoms with Crippen molar-refractivity contribution in [3.05, 3.63) is 58.4 Å². The van der Waals surface area contributed by atoms with E-state index in [2.05, 4.69) is 39.4 Å². The molecule has 0 atom stereocenters. The zero-order valence-corrected chi connectivity index (χ0v) is 17.1. The molecule has 7 nitrogen and oxygen atoms in total. The van der Waals surface area contributed by atoms with Crippen LogP contribution in [0.1, 0.15) is 28.1 Å².